The molecule has 0 atom stereocenters. The molecule has 0 aromatic heterocycles. The van der Waals surface area contributed by atoms with Crippen LogP contribution in [0.2, 0.25) is 0 Å². The summed E-state index contributed by atoms with van der Waals surface area (Å²) < 4.78 is 50.3. The second-order valence-electron chi connectivity index (χ2n) is 6.87. The standard InChI is InChI=1S/C21H20F3NO4/c1-14(26)25-17-5-7-18(8-6-17)29-19(27)20(9-11-28-12-10-20)15-3-2-4-16(13-15)21(22,23)24/h2-8,13H,9-12H2,1H3,(H,25,26). The minimum Gasteiger partial charge on any atom is -0.426 e. The van der Waals surface area contributed by atoms with Crippen LogP contribution in [-0.2, 0) is 25.9 Å². The molecular weight excluding hydrogens is 387 g/mol. The molecule has 154 valence electrons. The van der Waals surface area contributed by atoms with Crippen LogP contribution < -0.4 is 10.1 Å². The van der Waals surface area contributed by atoms with Crippen molar-refractivity contribution < 1.29 is 32.2 Å². The van der Waals surface area contributed by atoms with Crippen molar-refractivity contribution in [1.29, 1.82) is 0 Å². The van der Waals surface area contributed by atoms with E-state index in [1.165, 1.54) is 31.2 Å². The molecule has 0 radical (unpaired) electrons. The van der Waals surface area contributed by atoms with E-state index in [-0.39, 0.29) is 43.3 Å². The molecule has 1 amide bonds. The highest BCUT2D eigenvalue weighted by Gasteiger charge is 2.44. The van der Waals surface area contributed by atoms with Crippen molar-refractivity contribution in [1.82, 2.24) is 0 Å². The summed E-state index contributed by atoms with van der Waals surface area (Å²) in [6.07, 6.45) is -4.07. The average molecular weight is 407 g/mol. The van der Waals surface area contributed by atoms with Crippen molar-refractivity contribution in [3.05, 3.63) is 59.7 Å². The molecular formula is C21H20F3NO4. The SMILES string of the molecule is CC(=O)Nc1ccc(OC(=O)C2(c3cccc(C(F)(F)F)c3)CCOCC2)cc1. The summed E-state index contributed by atoms with van der Waals surface area (Å²) in [6, 6.07) is 11.0. The third-order valence-electron chi connectivity index (χ3n) is 4.86. The molecule has 0 spiro atoms. The van der Waals surface area contributed by atoms with Crippen molar-refractivity contribution in [2.45, 2.75) is 31.4 Å². The Morgan fingerprint density at radius 3 is 2.31 bits per heavy atom. The number of esters is 1. The van der Waals surface area contributed by atoms with Crippen molar-refractivity contribution in [3.63, 3.8) is 0 Å². The van der Waals surface area contributed by atoms with E-state index < -0.39 is 23.1 Å². The quantitative estimate of drug-likeness (QED) is 0.606. The van der Waals surface area contributed by atoms with Gasteiger partial charge in [0.25, 0.3) is 0 Å². The van der Waals surface area contributed by atoms with Gasteiger partial charge < -0.3 is 14.8 Å². The molecule has 0 bridgehead atoms. The molecule has 1 N–H and O–H groups in total. The van der Waals surface area contributed by atoms with E-state index in [4.69, 9.17) is 9.47 Å². The Balaban J connectivity index is 1.88. The number of nitrogens with one attached hydrogen (secondary N) is 1. The van der Waals surface area contributed by atoms with Crippen molar-refractivity contribution >= 4 is 17.6 Å². The Morgan fingerprint density at radius 2 is 1.72 bits per heavy atom. The van der Waals surface area contributed by atoms with Gasteiger partial charge in [-0.3, -0.25) is 9.59 Å². The molecule has 2 aromatic carbocycles. The van der Waals surface area contributed by atoms with Crippen LogP contribution in [0, 0.1) is 0 Å². The van der Waals surface area contributed by atoms with E-state index in [0.717, 1.165) is 12.1 Å². The number of benzene rings is 2. The summed E-state index contributed by atoms with van der Waals surface area (Å²) in [5, 5.41) is 2.60. The zero-order chi connectivity index (χ0) is 21.1. The Labute approximate surface area is 165 Å². The van der Waals surface area contributed by atoms with E-state index in [9.17, 15) is 22.8 Å². The number of carbonyl (C=O) groups is 2. The molecule has 3 rings (SSSR count). The van der Waals surface area contributed by atoms with E-state index >= 15 is 0 Å². The molecule has 1 aliphatic rings. The summed E-state index contributed by atoms with van der Waals surface area (Å²) in [6.45, 7) is 1.86. The number of halogens is 3. The highest BCUT2D eigenvalue weighted by atomic mass is 19.4. The van der Waals surface area contributed by atoms with Crippen LogP contribution in [0.1, 0.15) is 30.9 Å². The monoisotopic (exact) mass is 407 g/mol. The molecule has 2 aromatic rings. The maximum atomic E-state index is 13.2. The van der Waals surface area contributed by atoms with Crippen LogP contribution in [0.3, 0.4) is 0 Å². The van der Waals surface area contributed by atoms with Crippen molar-refractivity contribution in [2.75, 3.05) is 18.5 Å². The number of hydrogen-bond donors (Lipinski definition) is 1. The summed E-state index contributed by atoms with van der Waals surface area (Å²) in [4.78, 5) is 24.2. The topological polar surface area (TPSA) is 64.6 Å². The summed E-state index contributed by atoms with van der Waals surface area (Å²) in [5.74, 6) is -0.630. The van der Waals surface area contributed by atoms with E-state index in [1.54, 1.807) is 12.1 Å². The third-order valence-corrected chi connectivity index (χ3v) is 4.86. The minimum atomic E-state index is -4.51. The first-order chi connectivity index (χ1) is 13.7. The molecule has 29 heavy (non-hydrogen) atoms. The second kappa shape index (κ2) is 8.24. The fraction of sp³-hybridized carbons (Fsp3) is 0.333. The van der Waals surface area contributed by atoms with Gasteiger partial charge in [-0.15, -0.1) is 0 Å². The van der Waals surface area contributed by atoms with Crippen LogP contribution in [0.25, 0.3) is 0 Å². The van der Waals surface area contributed by atoms with Gasteiger partial charge in [0.2, 0.25) is 5.91 Å². The largest absolute Gasteiger partial charge is 0.426 e. The van der Waals surface area contributed by atoms with Gasteiger partial charge >= 0.3 is 12.1 Å². The predicted molar refractivity (Wildman–Crippen MR) is 99.6 cm³/mol. The third kappa shape index (κ3) is 4.76. The molecule has 0 aliphatic carbocycles. The van der Waals surface area contributed by atoms with Crippen LogP contribution in [0.4, 0.5) is 18.9 Å². The number of hydrogen-bond acceptors (Lipinski definition) is 4. The number of carbonyl (C=O) groups excluding carboxylic acids is 2. The molecule has 1 aliphatic heterocycles. The van der Waals surface area contributed by atoms with Gasteiger partial charge in [-0.2, -0.15) is 13.2 Å². The Morgan fingerprint density at radius 1 is 1.07 bits per heavy atom. The zero-order valence-electron chi connectivity index (χ0n) is 15.7. The first-order valence-corrected chi connectivity index (χ1v) is 9.06. The maximum absolute atomic E-state index is 13.2. The first-order valence-electron chi connectivity index (χ1n) is 9.06. The van der Waals surface area contributed by atoms with Gasteiger partial charge in [-0.05, 0) is 48.7 Å². The fourth-order valence-electron chi connectivity index (χ4n) is 3.34. The number of anilines is 1. The van der Waals surface area contributed by atoms with Crippen molar-refractivity contribution in [2.24, 2.45) is 0 Å². The first kappa shape index (κ1) is 20.9. The maximum Gasteiger partial charge on any atom is 0.416 e. The lowest BCUT2D eigenvalue weighted by molar-refractivity contribution is -0.145. The minimum absolute atomic E-state index is 0.219. The molecule has 1 fully saturated rings. The van der Waals surface area contributed by atoms with E-state index in [1.807, 2.05) is 0 Å². The van der Waals surface area contributed by atoms with Gasteiger partial charge in [-0.25, -0.2) is 0 Å². The van der Waals surface area contributed by atoms with Gasteiger partial charge in [0.15, 0.2) is 0 Å². The van der Waals surface area contributed by atoms with Gasteiger partial charge in [0.05, 0.1) is 11.0 Å². The highest BCUT2D eigenvalue weighted by molar-refractivity contribution is 5.89. The number of alkyl halides is 3. The number of rotatable bonds is 4. The Bertz CT molecular complexity index is 888. The molecule has 1 saturated heterocycles. The highest BCUT2D eigenvalue weighted by Crippen LogP contribution is 2.39. The number of ether oxygens (including phenoxy) is 2. The fourth-order valence-corrected chi connectivity index (χ4v) is 3.34. The molecule has 5 nitrogen and oxygen atoms in total. The Kier molecular flexibility index (Phi) is 5.93. The smallest absolute Gasteiger partial charge is 0.416 e. The summed E-state index contributed by atoms with van der Waals surface area (Å²) >= 11 is 0. The second-order valence-corrected chi connectivity index (χ2v) is 6.87. The molecule has 0 saturated carbocycles. The van der Waals surface area contributed by atoms with Gasteiger partial charge in [-0.1, -0.05) is 18.2 Å². The van der Waals surface area contributed by atoms with Crippen LogP contribution in [0.5, 0.6) is 5.75 Å². The van der Waals surface area contributed by atoms with Crippen LogP contribution >= 0.6 is 0 Å². The number of amides is 1. The van der Waals surface area contributed by atoms with Gasteiger partial charge in [0.1, 0.15) is 5.75 Å². The van der Waals surface area contributed by atoms with Crippen LogP contribution in [0.15, 0.2) is 48.5 Å². The Hall–Kier alpha value is -2.87. The molecule has 1 heterocycles. The lowest BCUT2D eigenvalue weighted by atomic mass is 9.73. The van der Waals surface area contributed by atoms with E-state index in [0.29, 0.717) is 5.69 Å². The lowest BCUT2D eigenvalue weighted by Crippen LogP contribution is -2.44. The van der Waals surface area contributed by atoms with Crippen molar-refractivity contribution in [3.8, 4) is 5.75 Å². The molecule has 8 heteroatoms. The lowest BCUT2D eigenvalue weighted by Gasteiger charge is -2.35. The summed E-state index contributed by atoms with van der Waals surface area (Å²) in [7, 11) is 0. The average Bonchev–Trinajstić information content (AvgIpc) is 2.69. The van der Waals surface area contributed by atoms with Crippen LogP contribution in [-0.4, -0.2) is 25.1 Å². The van der Waals surface area contributed by atoms with Gasteiger partial charge in [0, 0.05) is 25.8 Å². The molecule has 0 unspecified atom stereocenters. The zero-order valence-corrected chi connectivity index (χ0v) is 15.7. The predicted octanol–water partition coefficient (Wildman–Crippen LogP) is 4.32. The normalized spacial score (nSPS) is 16.1. The summed E-state index contributed by atoms with van der Waals surface area (Å²) in [5.41, 5.74) is -1.24. The van der Waals surface area contributed by atoms with E-state index in [2.05, 4.69) is 5.32 Å².